The molecule has 25 heavy (non-hydrogen) atoms. The van der Waals surface area contributed by atoms with Crippen molar-refractivity contribution in [1.29, 1.82) is 0 Å². The van der Waals surface area contributed by atoms with E-state index < -0.39 is 17.8 Å². The zero-order valence-corrected chi connectivity index (χ0v) is 14.7. The summed E-state index contributed by atoms with van der Waals surface area (Å²) in [7, 11) is 0. The predicted molar refractivity (Wildman–Crippen MR) is 94.3 cm³/mol. The van der Waals surface area contributed by atoms with Gasteiger partial charge < -0.3 is 10.4 Å². The number of anilines is 1. The Labute approximate surface area is 147 Å². The lowest BCUT2D eigenvalue weighted by molar-refractivity contribution is -0.148. The van der Waals surface area contributed by atoms with Crippen molar-refractivity contribution in [3.05, 3.63) is 41.0 Å². The number of carboxylic acid groups (broad SMARTS) is 1. The molecule has 2 aliphatic rings. The van der Waals surface area contributed by atoms with E-state index in [0.29, 0.717) is 11.3 Å². The Hall–Kier alpha value is -2.43. The summed E-state index contributed by atoms with van der Waals surface area (Å²) in [4.78, 5) is 36.0. The molecule has 0 spiro atoms. The van der Waals surface area contributed by atoms with E-state index in [2.05, 4.69) is 5.32 Å². The molecule has 0 unspecified atom stereocenters. The van der Waals surface area contributed by atoms with Gasteiger partial charge in [-0.05, 0) is 69.7 Å². The summed E-state index contributed by atoms with van der Waals surface area (Å²) in [5.41, 5.74) is 3.47. The number of carboxylic acids is 1. The van der Waals surface area contributed by atoms with Crippen LogP contribution in [0.25, 0.3) is 0 Å². The number of aliphatic carboxylic acids is 1. The quantitative estimate of drug-likeness (QED) is 0.648. The van der Waals surface area contributed by atoms with Gasteiger partial charge in [0.05, 0.1) is 11.8 Å². The monoisotopic (exact) mass is 341 g/mol. The van der Waals surface area contributed by atoms with Crippen LogP contribution in [-0.4, -0.2) is 22.8 Å². The first kappa shape index (κ1) is 17.4. The zero-order valence-electron chi connectivity index (χ0n) is 14.7. The Bertz CT molecular complexity index is 758. The second-order valence-electron chi connectivity index (χ2n) is 7.26. The van der Waals surface area contributed by atoms with Crippen LogP contribution in [0.5, 0.6) is 0 Å². The maximum atomic E-state index is 12.8. The van der Waals surface area contributed by atoms with Crippen LogP contribution in [-0.2, 0) is 9.59 Å². The van der Waals surface area contributed by atoms with Gasteiger partial charge in [0, 0.05) is 11.3 Å². The molecule has 4 atom stereocenters. The largest absolute Gasteiger partial charge is 0.481 e. The summed E-state index contributed by atoms with van der Waals surface area (Å²) in [6.07, 6.45) is 1.72. The average molecular weight is 341 g/mol. The Morgan fingerprint density at radius 2 is 1.52 bits per heavy atom. The number of Topliss-reactive ketones (excluding diaryl/α,β-unsaturated/α-hetero) is 1. The van der Waals surface area contributed by atoms with Crippen LogP contribution in [0.2, 0.25) is 0 Å². The number of rotatable bonds is 4. The highest BCUT2D eigenvalue weighted by Crippen LogP contribution is 2.57. The molecule has 1 aromatic carbocycles. The minimum atomic E-state index is -0.891. The highest BCUT2D eigenvalue weighted by Gasteiger charge is 2.57. The molecule has 0 radical (unpaired) electrons. The third kappa shape index (κ3) is 2.99. The molecular weight excluding hydrogens is 318 g/mol. The third-order valence-corrected chi connectivity index (χ3v) is 5.57. The summed E-state index contributed by atoms with van der Waals surface area (Å²) < 4.78 is 0. The molecule has 2 fully saturated rings. The zero-order chi connectivity index (χ0) is 18.3. The van der Waals surface area contributed by atoms with Crippen LogP contribution in [0, 0.1) is 23.7 Å². The molecular formula is C20H23NO4. The van der Waals surface area contributed by atoms with Gasteiger partial charge in [-0.2, -0.15) is 0 Å². The van der Waals surface area contributed by atoms with Crippen molar-refractivity contribution in [2.24, 2.45) is 23.7 Å². The summed E-state index contributed by atoms with van der Waals surface area (Å²) in [6, 6.07) is 6.68. The second kappa shape index (κ2) is 6.47. The Balaban J connectivity index is 1.84. The van der Waals surface area contributed by atoms with E-state index in [9.17, 15) is 19.5 Å². The molecule has 2 saturated carbocycles. The molecule has 1 amide bonds. The Kier molecular flexibility index (Phi) is 4.50. The summed E-state index contributed by atoms with van der Waals surface area (Å²) in [6.45, 7) is 5.49. The van der Waals surface area contributed by atoms with Gasteiger partial charge in [0.15, 0.2) is 5.78 Å². The summed E-state index contributed by atoms with van der Waals surface area (Å²) in [5, 5.41) is 12.5. The lowest BCUT2D eigenvalue weighted by Crippen LogP contribution is -2.37. The van der Waals surface area contributed by atoms with Gasteiger partial charge >= 0.3 is 5.97 Å². The smallest absolute Gasteiger partial charge is 0.307 e. The molecule has 1 aromatic rings. The van der Waals surface area contributed by atoms with Gasteiger partial charge in [-0.1, -0.05) is 11.1 Å². The lowest BCUT2D eigenvalue weighted by Gasteiger charge is -2.26. The van der Waals surface area contributed by atoms with Gasteiger partial charge in [0.1, 0.15) is 0 Å². The number of fused-ring (bicyclic) bond motifs is 2. The SMILES string of the molecule is CC(=O)c1ccc(NC(=O)[C@H]2[C@H](C(=O)O)[C@H]3CC[C@H]2C3=C(C)C)cc1. The van der Waals surface area contributed by atoms with E-state index in [-0.39, 0.29) is 23.5 Å². The van der Waals surface area contributed by atoms with E-state index in [4.69, 9.17) is 0 Å². The number of carbonyl (C=O) groups excluding carboxylic acids is 2. The highest BCUT2D eigenvalue weighted by molar-refractivity contribution is 5.98. The first-order valence-electron chi connectivity index (χ1n) is 8.63. The minimum absolute atomic E-state index is 0.0209. The first-order chi connectivity index (χ1) is 11.8. The van der Waals surface area contributed by atoms with E-state index in [1.54, 1.807) is 24.3 Å². The van der Waals surface area contributed by atoms with Crippen LogP contribution >= 0.6 is 0 Å². The van der Waals surface area contributed by atoms with E-state index >= 15 is 0 Å². The number of hydrogen-bond donors (Lipinski definition) is 2. The fourth-order valence-electron chi connectivity index (χ4n) is 4.62. The van der Waals surface area contributed by atoms with Crippen molar-refractivity contribution in [1.82, 2.24) is 0 Å². The topological polar surface area (TPSA) is 83.5 Å². The van der Waals surface area contributed by atoms with E-state index in [0.717, 1.165) is 18.4 Å². The number of allylic oxidation sites excluding steroid dienone is 2. The van der Waals surface area contributed by atoms with Crippen molar-refractivity contribution in [3.63, 3.8) is 0 Å². The summed E-state index contributed by atoms with van der Waals surface area (Å²) >= 11 is 0. The van der Waals surface area contributed by atoms with Crippen molar-refractivity contribution in [2.75, 3.05) is 5.32 Å². The molecule has 0 aromatic heterocycles. The van der Waals surface area contributed by atoms with Crippen LogP contribution in [0.4, 0.5) is 5.69 Å². The fraction of sp³-hybridized carbons (Fsp3) is 0.450. The molecule has 2 N–H and O–H groups in total. The second-order valence-corrected chi connectivity index (χ2v) is 7.26. The maximum Gasteiger partial charge on any atom is 0.307 e. The number of nitrogens with one attached hydrogen (secondary N) is 1. The van der Waals surface area contributed by atoms with Gasteiger partial charge in [-0.3, -0.25) is 14.4 Å². The molecule has 132 valence electrons. The predicted octanol–water partition coefficient (Wildman–Crippen LogP) is 3.52. The lowest BCUT2D eigenvalue weighted by atomic mass is 9.78. The third-order valence-electron chi connectivity index (χ3n) is 5.57. The number of hydrogen-bond acceptors (Lipinski definition) is 3. The molecule has 3 rings (SSSR count). The van der Waals surface area contributed by atoms with Crippen molar-refractivity contribution < 1.29 is 19.5 Å². The van der Waals surface area contributed by atoms with Crippen molar-refractivity contribution in [2.45, 2.75) is 33.6 Å². The van der Waals surface area contributed by atoms with Gasteiger partial charge in [0.2, 0.25) is 5.91 Å². The standard InChI is InChI=1S/C20H23NO4/c1-10(2)16-14-8-9-15(16)18(20(24)25)17(14)19(23)21-13-6-4-12(5-7-13)11(3)22/h4-7,14-15,17-18H,8-9H2,1-3H3,(H,21,23)(H,24,25)/t14-,15-,17+,18+/m0/s1. The highest BCUT2D eigenvalue weighted by atomic mass is 16.4. The first-order valence-corrected chi connectivity index (χ1v) is 8.63. The van der Waals surface area contributed by atoms with E-state index in [1.807, 2.05) is 13.8 Å². The molecule has 5 heteroatoms. The van der Waals surface area contributed by atoms with Crippen LogP contribution < -0.4 is 5.32 Å². The minimum Gasteiger partial charge on any atom is -0.481 e. The normalized spacial score (nSPS) is 27.2. The molecule has 0 heterocycles. The van der Waals surface area contributed by atoms with Gasteiger partial charge in [-0.25, -0.2) is 0 Å². The van der Waals surface area contributed by atoms with Crippen LogP contribution in [0.15, 0.2) is 35.4 Å². The number of benzene rings is 1. The molecule has 0 saturated heterocycles. The molecule has 2 bridgehead atoms. The van der Waals surface area contributed by atoms with Crippen LogP contribution in [0.1, 0.15) is 44.0 Å². The van der Waals surface area contributed by atoms with Crippen molar-refractivity contribution >= 4 is 23.3 Å². The number of amides is 1. The molecule has 0 aliphatic heterocycles. The van der Waals surface area contributed by atoms with Gasteiger partial charge in [-0.15, -0.1) is 0 Å². The van der Waals surface area contributed by atoms with Gasteiger partial charge in [0.25, 0.3) is 0 Å². The summed E-state index contributed by atoms with van der Waals surface area (Å²) in [5.74, 6) is -2.36. The average Bonchev–Trinajstić information content (AvgIpc) is 3.11. The van der Waals surface area contributed by atoms with Crippen molar-refractivity contribution in [3.8, 4) is 0 Å². The van der Waals surface area contributed by atoms with E-state index in [1.165, 1.54) is 12.5 Å². The Morgan fingerprint density at radius 1 is 0.960 bits per heavy atom. The fourth-order valence-corrected chi connectivity index (χ4v) is 4.62. The maximum absolute atomic E-state index is 12.8. The molecule has 5 nitrogen and oxygen atoms in total. The molecule has 2 aliphatic carbocycles. The Morgan fingerprint density at radius 3 is 2.00 bits per heavy atom. The van der Waals surface area contributed by atoms with Crippen LogP contribution in [0.3, 0.4) is 0 Å². The number of ketones is 1. The number of carbonyl (C=O) groups is 3.